The van der Waals surface area contributed by atoms with E-state index in [1.807, 2.05) is 7.05 Å². The van der Waals surface area contributed by atoms with Crippen molar-refractivity contribution in [2.75, 3.05) is 26.7 Å². The van der Waals surface area contributed by atoms with Crippen LogP contribution in [0.15, 0.2) is 24.3 Å². The zero-order valence-electron chi connectivity index (χ0n) is 14.3. The second-order valence-corrected chi connectivity index (χ2v) is 7.95. The zero-order valence-corrected chi connectivity index (χ0v) is 14.3. The third-order valence-corrected chi connectivity index (χ3v) is 5.30. The second kappa shape index (κ2) is 6.25. The smallest absolute Gasteiger partial charge is 0.222 e. The fourth-order valence-corrected chi connectivity index (χ4v) is 4.17. The molecule has 1 amide bonds. The van der Waals surface area contributed by atoms with Crippen LogP contribution >= 0.6 is 0 Å². The van der Waals surface area contributed by atoms with Crippen LogP contribution in [0.2, 0.25) is 0 Å². The standard InChI is InChI=1S/C19H28N2O2/c1-18(10-15-6-3-4-7-16(15)11-18)13-20-17(22)12-19(23)8-5-9-21(2)14-19/h3-4,6-7,23H,5,8-14H2,1-2H3,(H,20,22)/t19-/m1/s1. The number of β-amino-alcohol motifs (C(OH)–C–C–N with tert-alkyl or cyclic N) is 1. The number of fused-ring (bicyclic) bond motifs is 1. The van der Waals surface area contributed by atoms with Crippen molar-refractivity contribution in [2.24, 2.45) is 5.41 Å². The molecule has 2 N–H and O–H groups in total. The molecular weight excluding hydrogens is 288 g/mol. The molecule has 1 fully saturated rings. The Kier molecular flexibility index (Phi) is 4.47. The highest BCUT2D eigenvalue weighted by atomic mass is 16.3. The van der Waals surface area contributed by atoms with E-state index in [0.717, 1.165) is 25.8 Å². The van der Waals surface area contributed by atoms with Gasteiger partial charge in [0.2, 0.25) is 5.91 Å². The van der Waals surface area contributed by atoms with Crippen LogP contribution in [0.3, 0.4) is 0 Å². The van der Waals surface area contributed by atoms with Crippen LogP contribution in [0, 0.1) is 5.41 Å². The molecule has 0 aromatic heterocycles. The summed E-state index contributed by atoms with van der Waals surface area (Å²) in [5.74, 6) is -0.0278. The van der Waals surface area contributed by atoms with Crippen LogP contribution in [0.5, 0.6) is 0 Å². The Morgan fingerprint density at radius 2 is 1.96 bits per heavy atom. The van der Waals surface area contributed by atoms with E-state index in [2.05, 4.69) is 41.4 Å². The molecule has 126 valence electrons. The highest BCUT2D eigenvalue weighted by Gasteiger charge is 2.36. The van der Waals surface area contributed by atoms with Crippen molar-refractivity contribution in [3.8, 4) is 0 Å². The maximum absolute atomic E-state index is 12.3. The summed E-state index contributed by atoms with van der Waals surface area (Å²) in [6.45, 7) is 4.49. The van der Waals surface area contributed by atoms with E-state index in [-0.39, 0.29) is 17.7 Å². The lowest BCUT2D eigenvalue weighted by molar-refractivity contribution is -0.128. The minimum atomic E-state index is -0.864. The van der Waals surface area contributed by atoms with Gasteiger partial charge in [-0.1, -0.05) is 31.2 Å². The second-order valence-electron chi connectivity index (χ2n) is 7.95. The Morgan fingerprint density at radius 1 is 1.30 bits per heavy atom. The summed E-state index contributed by atoms with van der Waals surface area (Å²) in [6.07, 6.45) is 3.90. The van der Waals surface area contributed by atoms with Gasteiger partial charge in [0.05, 0.1) is 12.0 Å². The lowest BCUT2D eigenvalue weighted by Gasteiger charge is -2.37. The van der Waals surface area contributed by atoms with Crippen LogP contribution in [0.25, 0.3) is 0 Å². The largest absolute Gasteiger partial charge is 0.388 e. The Morgan fingerprint density at radius 3 is 2.57 bits per heavy atom. The lowest BCUT2D eigenvalue weighted by atomic mass is 9.86. The fraction of sp³-hybridized carbons (Fsp3) is 0.632. The molecule has 0 bridgehead atoms. The molecule has 23 heavy (non-hydrogen) atoms. The van der Waals surface area contributed by atoms with E-state index in [1.54, 1.807) is 0 Å². The molecule has 1 aliphatic carbocycles. The van der Waals surface area contributed by atoms with Crippen LogP contribution in [-0.2, 0) is 17.6 Å². The summed E-state index contributed by atoms with van der Waals surface area (Å²) < 4.78 is 0. The number of carbonyl (C=O) groups is 1. The molecule has 1 aliphatic heterocycles. The van der Waals surface area contributed by atoms with Crippen LogP contribution in [0.1, 0.15) is 37.3 Å². The van der Waals surface area contributed by atoms with Gasteiger partial charge in [0, 0.05) is 13.1 Å². The average Bonchev–Trinajstić information content (AvgIpc) is 2.81. The van der Waals surface area contributed by atoms with Crippen LogP contribution in [0.4, 0.5) is 0 Å². The predicted octanol–water partition coefficient (Wildman–Crippen LogP) is 1.75. The summed E-state index contributed by atoms with van der Waals surface area (Å²) in [5, 5.41) is 13.7. The molecule has 0 saturated carbocycles. The van der Waals surface area contributed by atoms with E-state index >= 15 is 0 Å². The quantitative estimate of drug-likeness (QED) is 0.890. The van der Waals surface area contributed by atoms with Gasteiger partial charge in [0.1, 0.15) is 0 Å². The van der Waals surface area contributed by atoms with Gasteiger partial charge in [-0.3, -0.25) is 4.79 Å². The summed E-state index contributed by atoms with van der Waals surface area (Å²) >= 11 is 0. The van der Waals surface area contributed by atoms with Gasteiger partial charge in [-0.05, 0) is 55.8 Å². The van der Waals surface area contributed by atoms with Crippen LogP contribution < -0.4 is 5.32 Å². The molecule has 4 nitrogen and oxygen atoms in total. The molecule has 1 saturated heterocycles. The number of nitrogens with zero attached hydrogens (tertiary/aromatic N) is 1. The number of hydrogen-bond acceptors (Lipinski definition) is 3. The van der Waals surface area contributed by atoms with Gasteiger partial charge < -0.3 is 15.3 Å². The Labute approximate surface area is 138 Å². The van der Waals surface area contributed by atoms with Gasteiger partial charge in [0.15, 0.2) is 0 Å². The van der Waals surface area contributed by atoms with E-state index < -0.39 is 5.60 Å². The first kappa shape index (κ1) is 16.5. The number of amides is 1. The number of likely N-dealkylation sites (tertiary alicyclic amines) is 1. The van der Waals surface area contributed by atoms with Crippen LogP contribution in [-0.4, -0.2) is 48.2 Å². The maximum atomic E-state index is 12.3. The highest BCUT2D eigenvalue weighted by Crippen LogP contribution is 2.36. The molecular formula is C19H28N2O2. The Balaban J connectivity index is 1.52. The minimum absolute atomic E-state index is 0.0278. The third kappa shape index (κ3) is 3.93. The zero-order chi connectivity index (χ0) is 16.5. The molecule has 0 spiro atoms. The molecule has 4 heteroatoms. The van der Waals surface area contributed by atoms with Crippen molar-refractivity contribution in [1.29, 1.82) is 0 Å². The van der Waals surface area contributed by atoms with E-state index in [9.17, 15) is 9.90 Å². The normalized spacial score (nSPS) is 26.7. The molecule has 2 aliphatic rings. The van der Waals surface area contributed by atoms with Crippen molar-refractivity contribution in [2.45, 2.75) is 44.6 Å². The average molecular weight is 316 g/mol. The van der Waals surface area contributed by atoms with Gasteiger partial charge in [-0.2, -0.15) is 0 Å². The van der Waals surface area contributed by atoms with Crippen molar-refractivity contribution in [1.82, 2.24) is 10.2 Å². The first-order valence-electron chi connectivity index (χ1n) is 8.62. The molecule has 0 radical (unpaired) electrons. The number of benzene rings is 1. The molecule has 3 rings (SSSR count). The number of piperidine rings is 1. The molecule has 1 atom stereocenters. The van der Waals surface area contributed by atoms with Gasteiger partial charge >= 0.3 is 0 Å². The van der Waals surface area contributed by atoms with Crippen molar-refractivity contribution in [3.63, 3.8) is 0 Å². The topological polar surface area (TPSA) is 52.6 Å². The molecule has 0 unspecified atom stereocenters. The van der Waals surface area contributed by atoms with E-state index in [0.29, 0.717) is 19.5 Å². The first-order chi connectivity index (χ1) is 10.9. The van der Waals surface area contributed by atoms with Gasteiger partial charge in [-0.25, -0.2) is 0 Å². The number of hydrogen-bond donors (Lipinski definition) is 2. The number of carbonyl (C=O) groups excluding carboxylic acids is 1. The minimum Gasteiger partial charge on any atom is -0.388 e. The molecule has 1 aromatic rings. The maximum Gasteiger partial charge on any atom is 0.222 e. The van der Waals surface area contributed by atoms with Crippen molar-refractivity contribution >= 4 is 5.91 Å². The summed E-state index contributed by atoms with van der Waals surface area (Å²) in [7, 11) is 2.00. The summed E-state index contributed by atoms with van der Waals surface area (Å²) in [4.78, 5) is 14.4. The summed E-state index contributed by atoms with van der Waals surface area (Å²) in [5.41, 5.74) is 2.02. The number of aliphatic hydroxyl groups is 1. The SMILES string of the molecule is CN1CCC[C@@](O)(CC(=O)NCC2(C)Cc3ccccc3C2)C1. The lowest BCUT2D eigenvalue weighted by Crippen LogP contribution is -2.49. The fourth-order valence-electron chi connectivity index (χ4n) is 4.17. The number of rotatable bonds is 4. The van der Waals surface area contributed by atoms with E-state index in [4.69, 9.17) is 0 Å². The van der Waals surface area contributed by atoms with Crippen molar-refractivity contribution < 1.29 is 9.90 Å². The number of nitrogens with one attached hydrogen (secondary N) is 1. The van der Waals surface area contributed by atoms with Gasteiger partial charge in [0.25, 0.3) is 0 Å². The highest BCUT2D eigenvalue weighted by molar-refractivity contribution is 5.77. The third-order valence-electron chi connectivity index (χ3n) is 5.30. The van der Waals surface area contributed by atoms with E-state index in [1.165, 1.54) is 11.1 Å². The molecule has 1 aromatic carbocycles. The summed E-state index contributed by atoms with van der Waals surface area (Å²) in [6, 6.07) is 8.53. The monoisotopic (exact) mass is 316 g/mol. The van der Waals surface area contributed by atoms with Crippen molar-refractivity contribution in [3.05, 3.63) is 35.4 Å². The van der Waals surface area contributed by atoms with Gasteiger partial charge in [-0.15, -0.1) is 0 Å². The first-order valence-corrected chi connectivity index (χ1v) is 8.62. The number of likely N-dealkylation sites (N-methyl/N-ethyl adjacent to an activating group) is 1. The predicted molar refractivity (Wildman–Crippen MR) is 91.3 cm³/mol. The molecule has 1 heterocycles. The Bertz CT molecular complexity index is 561. The Hall–Kier alpha value is -1.39.